The van der Waals surface area contributed by atoms with E-state index in [-0.39, 0.29) is 5.56 Å². The zero-order chi connectivity index (χ0) is 31.8. The first-order valence-electron chi connectivity index (χ1n) is 15.1. The molecule has 0 saturated carbocycles. The fraction of sp³-hybridized carbons (Fsp3) is 0.304. The van der Waals surface area contributed by atoms with Crippen LogP contribution in [0.1, 0.15) is 63.6 Å². The highest BCUT2D eigenvalue weighted by atomic mass is 15.1. The Morgan fingerprint density at radius 3 is 2.38 bits per heavy atom. The second kappa shape index (κ2) is 6.46. The van der Waals surface area contributed by atoms with E-state index in [1.807, 2.05) is 0 Å². The highest BCUT2D eigenvalue weighted by Gasteiger charge is 2.18. The predicted molar refractivity (Wildman–Crippen MR) is 108 cm³/mol. The maximum atomic E-state index is 8.80. The monoisotopic (exact) mass is 358 g/mol. The van der Waals surface area contributed by atoms with E-state index in [2.05, 4.69) is 9.83 Å². The molecule has 3 nitrogen and oxygen atoms in total. The fourth-order valence-electron chi connectivity index (χ4n) is 2.34. The minimum absolute atomic E-state index is 0.176. The molecule has 0 atom stereocenters. The molecule has 0 bridgehead atoms. The molecule has 3 aromatic rings. The molecular formula is C23H25N3. The van der Waals surface area contributed by atoms with E-state index in [9.17, 15) is 0 Å². The topological polar surface area (TPSA) is 22.2 Å². The van der Waals surface area contributed by atoms with Crippen LogP contribution < -0.4 is 0 Å². The summed E-state index contributed by atoms with van der Waals surface area (Å²) in [4.78, 5) is 7.02. The molecule has 1 aromatic heterocycles. The van der Waals surface area contributed by atoms with Gasteiger partial charge in [0.1, 0.15) is 5.82 Å². The van der Waals surface area contributed by atoms with E-state index in [0.717, 1.165) is 6.07 Å². The summed E-state index contributed by atoms with van der Waals surface area (Å²) in [5, 5.41) is 0. The normalized spacial score (nSPS) is 21.2. The Hall–Kier alpha value is -2.86. The van der Waals surface area contributed by atoms with Crippen LogP contribution in [0.15, 0.2) is 42.6 Å². The van der Waals surface area contributed by atoms with Crippen molar-refractivity contribution >= 4 is 5.69 Å². The van der Waals surface area contributed by atoms with Gasteiger partial charge in [0.15, 0.2) is 5.69 Å². The largest absolute Gasteiger partial charge is 0.299 e. The Balaban J connectivity index is 2.72. The second-order valence-electron chi connectivity index (χ2n) is 6.63. The zero-order valence-corrected chi connectivity index (χ0v) is 14.4. The van der Waals surface area contributed by atoms with Crippen molar-refractivity contribution in [1.29, 1.82) is 0 Å². The molecule has 1 heterocycles. The van der Waals surface area contributed by atoms with Crippen molar-refractivity contribution in [3.8, 4) is 17.1 Å². The molecule has 0 unspecified atom stereocenters. The standard InChI is InChI=1S/C23H25N3/c1-15-8-9-18(14-20(15)24-7)22-25-10-11-26(22)21-16(2)12-19(13-17(21)3)23(4,5)6/h8-14H,1-6H3/i1D3,2D3,3D3,8D,10D,11D,12D,13D,14D. The molecular weight excluding hydrogens is 318 g/mol. The third-order valence-electron chi connectivity index (χ3n) is 3.69. The van der Waals surface area contributed by atoms with Crippen molar-refractivity contribution in [2.45, 2.75) is 46.7 Å². The van der Waals surface area contributed by atoms with Gasteiger partial charge >= 0.3 is 0 Å². The molecule has 26 heavy (non-hydrogen) atoms. The lowest BCUT2D eigenvalue weighted by atomic mass is 9.84. The van der Waals surface area contributed by atoms with Crippen LogP contribution in [0.5, 0.6) is 0 Å². The molecule has 132 valence electrons. The average molecular weight is 359 g/mol. The number of aromatic nitrogens is 2. The Morgan fingerprint density at radius 2 is 1.81 bits per heavy atom. The lowest BCUT2D eigenvalue weighted by molar-refractivity contribution is 0.589. The molecule has 3 rings (SSSR count). The van der Waals surface area contributed by atoms with Gasteiger partial charge in [0.05, 0.1) is 19.1 Å². The molecule has 0 radical (unpaired) electrons. The van der Waals surface area contributed by atoms with Gasteiger partial charge in [-0.2, -0.15) is 0 Å². The van der Waals surface area contributed by atoms with Crippen molar-refractivity contribution in [2.75, 3.05) is 0 Å². The molecule has 3 heteroatoms. The summed E-state index contributed by atoms with van der Waals surface area (Å²) < 4.78 is 124. The molecule has 0 amide bonds. The first-order valence-corrected chi connectivity index (χ1v) is 7.64. The van der Waals surface area contributed by atoms with Gasteiger partial charge in [-0.3, -0.25) is 4.57 Å². The van der Waals surface area contributed by atoms with E-state index in [4.69, 9.17) is 27.1 Å². The minimum atomic E-state index is -3.17. The predicted octanol–water partition coefficient (Wildman–Crippen LogP) is 6.31. The number of imidazole rings is 1. The van der Waals surface area contributed by atoms with Gasteiger partial charge in [-0.05, 0) is 54.3 Å². The third-order valence-corrected chi connectivity index (χ3v) is 3.69. The Morgan fingerprint density at radius 1 is 1.12 bits per heavy atom. The molecule has 0 N–H and O–H groups in total. The van der Waals surface area contributed by atoms with Gasteiger partial charge in [0, 0.05) is 31.6 Å². The van der Waals surface area contributed by atoms with Crippen LogP contribution >= 0.6 is 0 Å². The second-order valence-corrected chi connectivity index (χ2v) is 6.63. The maximum absolute atomic E-state index is 8.80. The Kier molecular flexibility index (Phi) is 1.75. The Labute approximate surface area is 177 Å². The molecule has 0 aliphatic rings. The number of hydrogen-bond donors (Lipinski definition) is 0. The average Bonchev–Trinajstić information content (AvgIpc) is 3.04. The van der Waals surface area contributed by atoms with Gasteiger partial charge in [0.2, 0.25) is 0 Å². The molecule has 0 fully saturated rings. The quantitative estimate of drug-likeness (QED) is 0.492. The van der Waals surface area contributed by atoms with E-state index in [0.29, 0.717) is 4.57 Å². The summed E-state index contributed by atoms with van der Waals surface area (Å²) in [5.74, 6) is -0.598. The summed E-state index contributed by atoms with van der Waals surface area (Å²) in [6.45, 7) is 2.90. The minimum Gasteiger partial charge on any atom is -0.299 e. The van der Waals surface area contributed by atoms with E-state index >= 15 is 0 Å². The van der Waals surface area contributed by atoms with Crippen LogP contribution in [-0.2, 0) is 5.41 Å². The number of benzene rings is 2. The van der Waals surface area contributed by atoms with Gasteiger partial charge in [0.25, 0.3) is 0 Å². The molecule has 0 saturated heterocycles. The van der Waals surface area contributed by atoms with Gasteiger partial charge < -0.3 is 0 Å². The van der Waals surface area contributed by atoms with Crippen molar-refractivity contribution in [1.82, 2.24) is 9.55 Å². The fourth-order valence-corrected chi connectivity index (χ4v) is 2.34. The van der Waals surface area contributed by atoms with Crippen molar-refractivity contribution in [3.63, 3.8) is 0 Å². The van der Waals surface area contributed by atoms with Crippen molar-refractivity contribution in [3.05, 3.63) is 76.3 Å². The maximum Gasteiger partial charge on any atom is 0.190 e. The molecule has 2 aromatic carbocycles. The number of nitrogens with zero attached hydrogens (tertiary/aromatic N) is 3. The highest BCUT2D eigenvalue weighted by Crippen LogP contribution is 2.32. The first kappa shape index (κ1) is 7.04. The molecule has 0 spiro atoms. The molecule has 0 aliphatic heterocycles. The third kappa shape index (κ3) is 3.15. The lowest BCUT2D eigenvalue weighted by Gasteiger charge is -2.23. The van der Waals surface area contributed by atoms with Crippen molar-refractivity contribution < 1.29 is 20.6 Å². The van der Waals surface area contributed by atoms with Crippen LogP contribution in [0, 0.1) is 27.1 Å². The summed E-state index contributed by atoms with van der Waals surface area (Å²) >= 11 is 0. The van der Waals surface area contributed by atoms with E-state index in [1.165, 1.54) is 0 Å². The van der Waals surface area contributed by atoms with Crippen LogP contribution in [0.25, 0.3) is 21.9 Å². The number of rotatable bonds is 2. The van der Waals surface area contributed by atoms with Gasteiger partial charge in [-0.15, -0.1) is 0 Å². The van der Waals surface area contributed by atoms with Gasteiger partial charge in [-0.25, -0.2) is 9.83 Å². The van der Waals surface area contributed by atoms with Crippen LogP contribution in [0.4, 0.5) is 5.69 Å². The summed E-state index contributed by atoms with van der Waals surface area (Å²) in [5.41, 5.74) is -5.61. The van der Waals surface area contributed by atoms with Crippen molar-refractivity contribution in [2.24, 2.45) is 0 Å². The van der Waals surface area contributed by atoms with Crippen LogP contribution in [0.3, 0.4) is 0 Å². The SMILES string of the molecule is [2H]c1cc(-c2nc([2H])c([2H])n2-c2c(C([2H])([2H])[2H])c([2H])c(C(C)(C)C)c([2H])c2C([2H])([2H])[2H])c([2H])c([N+]#[C-])c1C([2H])([2H])[2H]. The van der Waals surface area contributed by atoms with Crippen LogP contribution in [0.2, 0.25) is 0 Å². The Bertz CT molecular complexity index is 1550. The number of hydrogen-bond acceptors (Lipinski definition) is 1. The summed E-state index contributed by atoms with van der Waals surface area (Å²) in [7, 11) is 0. The summed E-state index contributed by atoms with van der Waals surface area (Å²) in [6, 6.07) is -1.96. The molecule has 0 aliphatic carbocycles. The summed E-state index contributed by atoms with van der Waals surface area (Å²) in [6.07, 6.45) is -1.66. The first-order chi connectivity index (χ1) is 18.4. The van der Waals surface area contributed by atoms with Crippen LogP contribution in [-0.4, -0.2) is 9.55 Å². The van der Waals surface area contributed by atoms with E-state index in [1.54, 1.807) is 20.8 Å². The highest BCUT2D eigenvalue weighted by molar-refractivity contribution is 5.68. The van der Waals surface area contributed by atoms with Gasteiger partial charge in [-0.1, -0.05) is 45.0 Å². The lowest BCUT2D eigenvalue weighted by Crippen LogP contribution is -2.13. The zero-order valence-electron chi connectivity index (χ0n) is 29.4. The van der Waals surface area contributed by atoms with E-state index < -0.39 is 102 Å². The smallest absolute Gasteiger partial charge is 0.190 e.